The molecule has 4 fully saturated rings. The number of halogens is 4. The molecule has 1 spiro atoms. The summed E-state index contributed by atoms with van der Waals surface area (Å²) in [4.78, 5) is 26.4. The summed E-state index contributed by atoms with van der Waals surface area (Å²) in [5.41, 5.74) is -1.70. The molecule has 0 radical (unpaired) electrons. The Bertz CT molecular complexity index is 2170. The first-order valence-corrected chi connectivity index (χ1v) is 19.2. The number of thiophene rings is 1. The maximum Gasteiger partial charge on any atom is 0.412 e. The molecular weight excluding hydrogens is 729 g/mol. The first-order valence-electron chi connectivity index (χ1n) is 18.0. The number of alkyl halides is 1. The molecule has 0 bridgehead atoms. The molecule has 1 amide bonds. The molecule has 4 aliphatic rings. The molecule has 280 valence electrons. The number of carbonyl (C=O) groups excluding carboxylic acids is 1. The number of ether oxygens (including phenoxy) is 3. The Balaban J connectivity index is 1.26. The van der Waals surface area contributed by atoms with Crippen LogP contribution < -0.4 is 15.0 Å². The number of aromatic nitrogens is 2. The Kier molecular flexibility index (Phi) is 9.15. The number of hydrogen-bond donors (Lipinski definition) is 1. The van der Waals surface area contributed by atoms with E-state index >= 15 is 8.78 Å². The van der Waals surface area contributed by atoms with E-state index in [1.54, 1.807) is 26.8 Å². The van der Waals surface area contributed by atoms with E-state index in [2.05, 4.69) is 26.2 Å². The Hall–Kier alpha value is -3.90. The van der Waals surface area contributed by atoms with Crippen molar-refractivity contribution in [1.82, 2.24) is 14.9 Å². The summed E-state index contributed by atoms with van der Waals surface area (Å²) in [6.07, 6.45) is 3.94. The van der Waals surface area contributed by atoms with Gasteiger partial charge in [-0.1, -0.05) is 17.7 Å². The van der Waals surface area contributed by atoms with Gasteiger partial charge in [0.15, 0.2) is 5.82 Å². The van der Waals surface area contributed by atoms with Gasteiger partial charge >= 0.3 is 12.1 Å². The third-order valence-corrected chi connectivity index (χ3v) is 12.3. The lowest BCUT2D eigenvalue weighted by Gasteiger charge is -2.44. The predicted molar refractivity (Wildman–Crippen MR) is 198 cm³/mol. The van der Waals surface area contributed by atoms with Crippen LogP contribution in [0.3, 0.4) is 0 Å². The molecule has 15 heteroatoms. The van der Waals surface area contributed by atoms with E-state index in [-0.39, 0.29) is 60.5 Å². The molecule has 0 saturated carbocycles. The zero-order valence-electron chi connectivity index (χ0n) is 29.8. The minimum Gasteiger partial charge on any atom is -0.461 e. The summed E-state index contributed by atoms with van der Waals surface area (Å²) in [5, 5.41) is 13.4. The van der Waals surface area contributed by atoms with Gasteiger partial charge in [0.25, 0.3) is 0 Å². The fourth-order valence-electron chi connectivity index (χ4n) is 8.48. The lowest BCUT2D eigenvalue weighted by molar-refractivity contribution is -0.143. The molecule has 8 rings (SSSR count). The normalized spacial score (nSPS) is 24.6. The topological polar surface area (TPSA) is 113 Å². The van der Waals surface area contributed by atoms with Crippen molar-refractivity contribution in [2.75, 3.05) is 49.6 Å². The number of hydrogen-bond acceptors (Lipinski definition) is 10. The molecule has 3 atom stereocenters. The monoisotopic (exact) mass is 768 g/mol. The standard InChI is InChI=1S/C38H40ClF3N6O4S/c1-36(2,3)52-35(49)46-33-24(17-43)27-22(7-8-26(41)31(27)53-33)28-25(39)15-23-30(29(28)42)44-34(50-20-37-9-6-13-48(37)18-21(40)16-37)45-32(23)47-12-5-4-10-38(19-47)11-14-51-38/h7-8,15,21H,4-6,9-14,16,18-20H2,1-3H3,(H,46,49)/t21-,37+,38?/m1/s1. The van der Waals surface area contributed by atoms with Crippen molar-refractivity contribution in [1.29, 1.82) is 5.26 Å². The molecule has 53 heavy (non-hydrogen) atoms. The molecule has 2 aromatic heterocycles. The molecule has 6 heterocycles. The minimum atomic E-state index is -0.951. The fourth-order valence-corrected chi connectivity index (χ4v) is 9.84. The van der Waals surface area contributed by atoms with Crippen LogP contribution in [0.2, 0.25) is 5.02 Å². The molecule has 0 aliphatic carbocycles. The number of fused-ring (bicyclic) bond motifs is 3. The van der Waals surface area contributed by atoms with E-state index < -0.39 is 35.0 Å². The van der Waals surface area contributed by atoms with Gasteiger partial charge in [0, 0.05) is 48.8 Å². The lowest BCUT2D eigenvalue weighted by atomic mass is 9.89. The van der Waals surface area contributed by atoms with Gasteiger partial charge in [0.2, 0.25) is 0 Å². The SMILES string of the molecule is CC(C)(C)OC(=O)Nc1sc2c(F)ccc(-c3c(Cl)cc4c(N5CCCCC6(CCO6)C5)nc(OC[C@@]56CCCN5C[C@H](F)C6)nc4c3F)c2c1C#N. The Morgan fingerprint density at radius 1 is 1.19 bits per heavy atom. The van der Waals surface area contributed by atoms with Crippen LogP contribution >= 0.6 is 22.9 Å². The number of benzene rings is 2. The molecule has 4 saturated heterocycles. The number of nitrogens with zero attached hydrogens (tertiary/aromatic N) is 5. The Morgan fingerprint density at radius 3 is 2.74 bits per heavy atom. The largest absolute Gasteiger partial charge is 0.461 e. The number of amides is 1. The third-order valence-electron chi connectivity index (χ3n) is 10.9. The van der Waals surface area contributed by atoms with Gasteiger partial charge in [-0.2, -0.15) is 15.2 Å². The third kappa shape index (κ3) is 6.53. The van der Waals surface area contributed by atoms with Crippen LogP contribution in [0, 0.1) is 23.0 Å². The van der Waals surface area contributed by atoms with Crippen molar-refractivity contribution in [3.8, 4) is 23.2 Å². The summed E-state index contributed by atoms with van der Waals surface area (Å²) < 4.78 is 65.2. The second kappa shape index (κ2) is 13.4. The van der Waals surface area contributed by atoms with Crippen LogP contribution in [0.25, 0.3) is 32.1 Å². The van der Waals surface area contributed by atoms with Crippen molar-refractivity contribution in [3.05, 3.63) is 40.4 Å². The van der Waals surface area contributed by atoms with Gasteiger partial charge in [0.05, 0.1) is 33.0 Å². The smallest absolute Gasteiger partial charge is 0.412 e. The number of nitrogens with one attached hydrogen (secondary N) is 1. The highest BCUT2D eigenvalue weighted by molar-refractivity contribution is 7.23. The van der Waals surface area contributed by atoms with Crippen molar-refractivity contribution in [2.24, 2.45) is 0 Å². The maximum absolute atomic E-state index is 17.3. The summed E-state index contributed by atoms with van der Waals surface area (Å²) in [6.45, 7) is 8.25. The fraction of sp³-hybridized carbons (Fsp3) is 0.526. The molecule has 2 aromatic carbocycles. The van der Waals surface area contributed by atoms with Gasteiger partial charge in [-0.3, -0.25) is 10.2 Å². The van der Waals surface area contributed by atoms with E-state index in [4.69, 9.17) is 30.8 Å². The quantitative estimate of drug-likeness (QED) is 0.206. The number of carbonyl (C=O) groups is 1. The summed E-state index contributed by atoms with van der Waals surface area (Å²) in [7, 11) is 0. The minimum absolute atomic E-state index is 0.00280. The number of rotatable bonds is 6. The van der Waals surface area contributed by atoms with E-state index in [1.807, 2.05) is 0 Å². The highest BCUT2D eigenvalue weighted by Gasteiger charge is 2.49. The number of nitriles is 1. The second-order valence-corrected chi connectivity index (χ2v) is 17.1. The highest BCUT2D eigenvalue weighted by atomic mass is 35.5. The van der Waals surface area contributed by atoms with Gasteiger partial charge in [-0.05, 0) is 77.1 Å². The van der Waals surface area contributed by atoms with Gasteiger partial charge in [-0.25, -0.2) is 18.0 Å². The average molecular weight is 769 g/mol. The summed E-state index contributed by atoms with van der Waals surface area (Å²) >= 11 is 7.81. The highest BCUT2D eigenvalue weighted by Crippen LogP contribution is 2.47. The lowest BCUT2D eigenvalue weighted by Crippen LogP contribution is -2.51. The van der Waals surface area contributed by atoms with Gasteiger partial charge in [-0.15, -0.1) is 11.3 Å². The van der Waals surface area contributed by atoms with Crippen molar-refractivity contribution in [2.45, 2.75) is 88.6 Å². The van der Waals surface area contributed by atoms with Crippen molar-refractivity contribution in [3.63, 3.8) is 0 Å². The van der Waals surface area contributed by atoms with Crippen molar-refractivity contribution < 1.29 is 32.2 Å². The van der Waals surface area contributed by atoms with E-state index in [1.165, 1.54) is 12.1 Å². The van der Waals surface area contributed by atoms with Crippen LogP contribution in [0.1, 0.15) is 71.3 Å². The zero-order chi connectivity index (χ0) is 37.3. The molecule has 4 aliphatic heterocycles. The van der Waals surface area contributed by atoms with Gasteiger partial charge in [0.1, 0.15) is 46.6 Å². The van der Waals surface area contributed by atoms with Crippen molar-refractivity contribution >= 4 is 60.8 Å². The molecule has 1 unspecified atom stereocenters. The van der Waals surface area contributed by atoms with Crippen LogP contribution in [-0.2, 0) is 9.47 Å². The predicted octanol–water partition coefficient (Wildman–Crippen LogP) is 8.77. The van der Waals surface area contributed by atoms with Crippen LogP contribution in [-0.4, -0.2) is 83.3 Å². The van der Waals surface area contributed by atoms with E-state index in [0.29, 0.717) is 43.9 Å². The Labute approximate surface area is 314 Å². The molecule has 1 N–H and O–H groups in total. The second-order valence-electron chi connectivity index (χ2n) is 15.6. The van der Waals surface area contributed by atoms with Crippen LogP contribution in [0.4, 0.5) is 28.8 Å². The first-order chi connectivity index (χ1) is 25.3. The van der Waals surface area contributed by atoms with Crippen LogP contribution in [0.5, 0.6) is 6.01 Å². The van der Waals surface area contributed by atoms with E-state index in [9.17, 15) is 14.4 Å². The molecule has 10 nitrogen and oxygen atoms in total. The average Bonchev–Trinajstić information content (AvgIpc) is 3.66. The maximum atomic E-state index is 17.3. The van der Waals surface area contributed by atoms with Gasteiger partial charge < -0.3 is 19.1 Å². The number of anilines is 2. The zero-order valence-corrected chi connectivity index (χ0v) is 31.4. The van der Waals surface area contributed by atoms with Crippen LogP contribution in [0.15, 0.2) is 18.2 Å². The summed E-state index contributed by atoms with van der Waals surface area (Å²) in [6, 6.07) is 6.16. The summed E-state index contributed by atoms with van der Waals surface area (Å²) in [5.74, 6) is -1.01. The van der Waals surface area contributed by atoms with E-state index in [0.717, 1.165) is 56.4 Å². The molecule has 4 aromatic rings. The molecular formula is C38H40ClF3N6O4S. The first kappa shape index (κ1) is 36.1. The Morgan fingerprint density at radius 2 is 2.00 bits per heavy atom.